The van der Waals surface area contributed by atoms with Gasteiger partial charge >= 0.3 is 0 Å². The van der Waals surface area contributed by atoms with Gasteiger partial charge in [0.1, 0.15) is 0 Å². The first-order valence-corrected chi connectivity index (χ1v) is 16.8. The summed E-state index contributed by atoms with van der Waals surface area (Å²) in [6, 6.07) is 65.5. The lowest BCUT2D eigenvalue weighted by atomic mass is 9.67. The molecule has 0 saturated carbocycles. The summed E-state index contributed by atoms with van der Waals surface area (Å²) in [6.45, 7) is 0. The summed E-state index contributed by atoms with van der Waals surface area (Å²) < 4.78 is 0. The van der Waals surface area contributed by atoms with Crippen molar-refractivity contribution < 1.29 is 0 Å². The third-order valence-electron chi connectivity index (χ3n) is 10.4. The predicted octanol–water partition coefficient (Wildman–Crippen LogP) is 11.6. The highest BCUT2D eigenvalue weighted by Crippen LogP contribution is 2.58. The van der Waals surface area contributed by atoms with Gasteiger partial charge in [-0.05, 0) is 55.6 Å². The van der Waals surface area contributed by atoms with Crippen LogP contribution in [0.1, 0.15) is 22.3 Å². The Hall–Kier alpha value is -6.38. The van der Waals surface area contributed by atoms with Crippen molar-refractivity contribution in [3.8, 4) is 33.8 Å². The second-order valence-electron chi connectivity index (χ2n) is 12.9. The molecule has 0 amide bonds. The summed E-state index contributed by atoms with van der Waals surface area (Å²) in [7, 11) is 0. The van der Waals surface area contributed by atoms with E-state index in [9.17, 15) is 0 Å². The quantitative estimate of drug-likeness (QED) is 0.183. The van der Waals surface area contributed by atoms with Gasteiger partial charge in [-0.25, -0.2) is 9.97 Å². The van der Waals surface area contributed by atoms with E-state index in [0.717, 1.165) is 44.3 Å². The molecule has 10 rings (SSSR count). The number of nitrogens with zero attached hydrogens (tertiary/aromatic N) is 2. The average Bonchev–Trinajstić information content (AvgIpc) is 3.50. The zero-order chi connectivity index (χ0) is 32.4. The average molecular weight is 623 g/mol. The van der Waals surface area contributed by atoms with Crippen molar-refractivity contribution in [1.29, 1.82) is 0 Å². The highest BCUT2D eigenvalue weighted by Gasteiger charge is 2.46. The largest absolute Gasteiger partial charge is 0.227 e. The van der Waals surface area contributed by atoms with Crippen LogP contribution in [0, 0.1) is 0 Å². The number of benzene rings is 8. The Balaban J connectivity index is 1.29. The number of hydrogen-bond acceptors (Lipinski definition) is 2. The molecule has 1 aliphatic carbocycles. The third-order valence-corrected chi connectivity index (χ3v) is 10.4. The molecule has 2 heteroatoms. The van der Waals surface area contributed by atoms with Gasteiger partial charge in [0.15, 0.2) is 5.82 Å². The van der Waals surface area contributed by atoms with Crippen LogP contribution in [0.25, 0.3) is 66.2 Å². The molecule has 8 aromatic carbocycles. The van der Waals surface area contributed by atoms with Gasteiger partial charge in [-0.3, -0.25) is 0 Å². The molecule has 0 fully saturated rings. The summed E-state index contributed by atoms with van der Waals surface area (Å²) in [5.74, 6) is 0.733. The third kappa shape index (κ3) is 4.01. The van der Waals surface area contributed by atoms with Crippen molar-refractivity contribution >= 4 is 32.4 Å². The number of rotatable bonds is 4. The summed E-state index contributed by atoms with van der Waals surface area (Å²) in [4.78, 5) is 10.7. The van der Waals surface area contributed by atoms with Crippen molar-refractivity contribution in [3.05, 3.63) is 204 Å². The lowest BCUT2D eigenvalue weighted by Crippen LogP contribution is -2.28. The van der Waals surface area contributed by atoms with Crippen molar-refractivity contribution in [2.45, 2.75) is 5.41 Å². The van der Waals surface area contributed by atoms with Gasteiger partial charge < -0.3 is 0 Å². The molecule has 0 N–H and O–H groups in total. The smallest absolute Gasteiger partial charge is 0.161 e. The standard InChI is InChI=1S/C47H30N2/c1-4-16-32(17-5-1)44-40-28-27-31-15-10-11-22-35(31)45(40)49-46(48-44)38-25-14-24-37-36(38)29-30-42-43(37)39-23-12-13-26-41(39)47(42,33-18-6-2-7-19-33)34-20-8-3-9-21-34/h1-30H. The highest BCUT2D eigenvalue weighted by atomic mass is 14.9. The first-order chi connectivity index (χ1) is 24.3. The summed E-state index contributed by atoms with van der Waals surface area (Å²) in [6.07, 6.45) is 0. The normalized spacial score (nSPS) is 13.1. The highest BCUT2D eigenvalue weighted by molar-refractivity contribution is 6.12. The van der Waals surface area contributed by atoms with Crippen molar-refractivity contribution in [1.82, 2.24) is 9.97 Å². The van der Waals surface area contributed by atoms with Crippen molar-refractivity contribution in [2.75, 3.05) is 0 Å². The minimum atomic E-state index is -0.447. The SMILES string of the molecule is c1ccc(-c2nc(-c3cccc4c5c(ccc34)C(c3ccccc3)(c3ccccc3)c3ccccc3-5)nc3c2ccc2ccccc23)cc1. The fourth-order valence-corrected chi connectivity index (χ4v) is 8.29. The first-order valence-electron chi connectivity index (χ1n) is 16.8. The van der Waals surface area contributed by atoms with Gasteiger partial charge in [0.25, 0.3) is 0 Å². The molecule has 228 valence electrons. The zero-order valence-electron chi connectivity index (χ0n) is 26.7. The van der Waals surface area contributed by atoms with E-state index in [-0.39, 0.29) is 0 Å². The van der Waals surface area contributed by atoms with Crippen LogP contribution < -0.4 is 0 Å². The zero-order valence-corrected chi connectivity index (χ0v) is 26.7. The monoisotopic (exact) mass is 622 g/mol. The molecule has 0 unspecified atom stereocenters. The fraction of sp³-hybridized carbons (Fsp3) is 0.0213. The van der Waals surface area contributed by atoms with Crippen LogP contribution in [0.15, 0.2) is 182 Å². The maximum atomic E-state index is 5.36. The minimum absolute atomic E-state index is 0.447. The van der Waals surface area contributed by atoms with E-state index in [1.165, 1.54) is 44.2 Å². The molecule has 0 atom stereocenters. The van der Waals surface area contributed by atoms with Crippen LogP contribution in [-0.4, -0.2) is 9.97 Å². The van der Waals surface area contributed by atoms with Crippen molar-refractivity contribution in [2.24, 2.45) is 0 Å². The molecule has 0 spiro atoms. The number of hydrogen-bond donors (Lipinski definition) is 0. The van der Waals surface area contributed by atoms with Crippen LogP contribution in [0.3, 0.4) is 0 Å². The molecule has 9 aromatic rings. The molecule has 0 radical (unpaired) electrons. The molecule has 1 aliphatic rings. The number of fused-ring (bicyclic) bond motifs is 8. The van der Waals surface area contributed by atoms with Gasteiger partial charge in [-0.2, -0.15) is 0 Å². The Bertz CT molecular complexity index is 2660. The Morgan fingerprint density at radius 1 is 0.367 bits per heavy atom. The summed E-state index contributed by atoms with van der Waals surface area (Å²) in [5, 5.41) is 5.71. The van der Waals surface area contributed by atoms with Crippen LogP contribution in [0.4, 0.5) is 0 Å². The topological polar surface area (TPSA) is 25.8 Å². The van der Waals surface area contributed by atoms with E-state index in [2.05, 4.69) is 182 Å². The van der Waals surface area contributed by atoms with Gasteiger partial charge in [0.2, 0.25) is 0 Å². The molecule has 1 aromatic heterocycles. The van der Waals surface area contributed by atoms with E-state index < -0.39 is 5.41 Å². The van der Waals surface area contributed by atoms with E-state index >= 15 is 0 Å². The molecule has 1 heterocycles. The number of aromatic nitrogens is 2. The molecule has 0 aliphatic heterocycles. The van der Waals surface area contributed by atoms with E-state index in [1.54, 1.807) is 0 Å². The Labute approximate surface area is 285 Å². The second-order valence-corrected chi connectivity index (χ2v) is 12.9. The lowest BCUT2D eigenvalue weighted by molar-refractivity contribution is 0.769. The maximum Gasteiger partial charge on any atom is 0.161 e. The molecular weight excluding hydrogens is 593 g/mol. The van der Waals surface area contributed by atoms with Crippen LogP contribution in [0.5, 0.6) is 0 Å². The van der Waals surface area contributed by atoms with Gasteiger partial charge in [-0.15, -0.1) is 0 Å². The summed E-state index contributed by atoms with van der Waals surface area (Å²) >= 11 is 0. The van der Waals surface area contributed by atoms with Crippen LogP contribution >= 0.6 is 0 Å². The van der Waals surface area contributed by atoms with Crippen molar-refractivity contribution in [3.63, 3.8) is 0 Å². The molecule has 49 heavy (non-hydrogen) atoms. The molecule has 0 bridgehead atoms. The Morgan fingerprint density at radius 3 is 1.76 bits per heavy atom. The van der Waals surface area contributed by atoms with Gasteiger partial charge in [-0.1, -0.05) is 176 Å². The van der Waals surface area contributed by atoms with Gasteiger partial charge in [0.05, 0.1) is 16.6 Å². The Morgan fingerprint density at radius 2 is 0.980 bits per heavy atom. The maximum absolute atomic E-state index is 5.36. The molecule has 0 saturated heterocycles. The fourth-order valence-electron chi connectivity index (χ4n) is 8.29. The Kier molecular flexibility index (Phi) is 6.13. The predicted molar refractivity (Wildman–Crippen MR) is 203 cm³/mol. The minimum Gasteiger partial charge on any atom is -0.227 e. The van der Waals surface area contributed by atoms with Gasteiger partial charge in [0, 0.05) is 21.9 Å². The van der Waals surface area contributed by atoms with Crippen LogP contribution in [-0.2, 0) is 5.41 Å². The summed E-state index contributed by atoms with van der Waals surface area (Å²) in [5.41, 5.74) is 11.3. The van der Waals surface area contributed by atoms with E-state index in [1.807, 2.05) is 0 Å². The molecular formula is C47H30N2. The lowest BCUT2D eigenvalue weighted by Gasteiger charge is -2.34. The first kappa shape index (κ1) is 27.7. The second kappa shape index (κ2) is 10.8. The van der Waals surface area contributed by atoms with E-state index in [0.29, 0.717) is 0 Å². The molecule has 2 nitrogen and oxygen atoms in total. The van der Waals surface area contributed by atoms with Crippen LogP contribution in [0.2, 0.25) is 0 Å². The van der Waals surface area contributed by atoms with E-state index in [4.69, 9.17) is 9.97 Å².